The molecule has 2 aromatic carbocycles. The fourth-order valence-corrected chi connectivity index (χ4v) is 2.78. The number of nitrogen functional groups attached to an aromatic ring is 1. The van der Waals surface area contributed by atoms with Crippen LogP contribution in [0, 0.1) is 6.92 Å². The first-order valence-electron chi connectivity index (χ1n) is 6.83. The van der Waals surface area contributed by atoms with Gasteiger partial charge in [0.1, 0.15) is 0 Å². The second-order valence-corrected chi connectivity index (χ2v) is 5.10. The molecule has 0 amide bonds. The number of aromatic nitrogens is 3. The standard InChI is InChI=1S/C17H14N4/c1-11-5-2-8-13-15(11)20-17(18)21(13)14-9-3-6-12-7-4-10-19-16(12)14/h2-10H,1H3,(H2,18,20). The Labute approximate surface area is 121 Å². The van der Waals surface area contributed by atoms with Crippen molar-refractivity contribution >= 4 is 27.9 Å². The van der Waals surface area contributed by atoms with Crippen molar-refractivity contribution in [3.05, 3.63) is 60.3 Å². The molecule has 0 spiro atoms. The fourth-order valence-electron chi connectivity index (χ4n) is 2.78. The van der Waals surface area contributed by atoms with Crippen molar-refractivity contribution in [3.63, 3.8) is 0 Å². The predicted octanol–water partition coefficient (Wildman–Crippen LogP) is 3.46. The lowest BCUT2D eigenvalue weighted by atomic mass is 10.1. The van der Waals surface area contributed by atoms with E-state index in [1.54, 1.807) is 6.20 Å². The summed E-state index contributed by atoms with van der Waals surface area (Å²) >= 11 is 0. The first-order chi connectivity index (χ1) is 10.3. The molecule has 2 heterocycles. The van der Waals surface area contributed by atoms with Crippen molar-refractivity contribution in [1.29, 1.82) is 0 Å². The molecule has 0 aliphatic rings. The maximum atomic E-state index is 6.17. The quantitative estimate of drug-likeness (QED) is 0.578. The molecular weight excluding hydrogens is 260 g/mol. The summed E-state index contributed by atoms with van der Waals surface area (Å²) in [5, 5.41) is 1.09. The van der Waals surface area contributed by atoms with Gasteiger partial charge in [-0.3, -0.25) is 9.55 Å². The Kier molecular flexibility index (Phi) is 2.44. The molecule has 2 aromatic heterocycles. The maximum absolute atomic E-state index is 6.17. The monoisotopic (exact) mass is 274 g/mol. The number of rotatable bonds is 1. The predicted molar refractivity (Wildman–Crippen MR) is 85.5 cm³/mol. The average molecular weight is 274 g/mol. The molecule has 0 atom stereocenters. The lowest BCUT2D eigenvalue weighted by Crippen LogP contribution is -2.01. The van der Waals surface area contributed by atoms with Gasteiger partial charge in [0.25, 0.3) is 0 Å². The van der Waals surface area contributed by atoms with E-state index in [2.05, 4.69) is 9.97 Å². The van der Waals surface area contributed by atoms with E-state index in [4.69, 9.17) is 5.73 Å². The van der Waals surface area contributed by atoms with Crippen molar-refractivity contribution in [3.8, 4) is 5.69 Å². The Hall–Kier alpha value is -2.88. The van der Waals surface area contributed by atoms with Gasteiger partial charge in [-0.05, 0) is 30.7 Å². The van der Waals surface area contributed by atoms with Crippen molar-refractivity contribution in [2.24, 2.45) is 0 Å². The van der Waals surface area contributed by atoms with E-state index in [0.29, 0.717) is 5.95 Å². The van der Waals surface area contributed by atoms with Crippen LogP contribution in [0.25, 0.3) is 27.6 Å². The van der Waals surface area contributed by atoms with Crippen LogP contribution in [0.2, 0.25) is 0 Å². The first-order valence-corrected chi connectivity index (χ1v) is 6.83. The third-order valence-corrected chi connectivity index (χ3v) is 3.77. The highest BCUT2D eigenvalue weighted by Crippen LogP contribution is 2.28. The van der Waals surface area contributed by atoms with Gasteiger partial charge in [-0.15, -0.1) is 0 Å². The summed E-state index contributed by atoms with van der Waals surface area (Å²) in [6.07, 6.45) is 1.80. The summed E-state index contributed by atoms with van der Waals surface area (Å²) in [5.74, 6) is 0.484. The molecule has 4 heteroatoms. The molecule has 0 aliphatic carbocycles. The highest BCUT2D eigenvalue weighted by molar-refractivity contribution is 5.91. The molecule has 4 rings (SSSR count). The van der Waals surface area contributed by atoms with E-state index in [9.17, 15) is 0 Å². The number of fused-ring (bicyclic) bond motifs is 2. The maximum Gasteiger partial charge on any atom is 0.206 e. The number of pyridine rings is 1. The summed E-state index contributed by atoms with van der Waals surface area (Å²) in [6.45, 7) is 2.04. The van der Waals surface area contributed by atoms with Gasteiger partial charge in [0.2, 0.25) is 5.95 Å². The van der Waals surface area contributed by atoms with E-state index in [0.717, 1.165) is 33.2 Å². The molecule has 21 heavy (non-hydrogen) atoms. The normalized spacial score (nSPS) is 11.3. The molecule has 0 bridgehead atoms. The SMILES string of the molecule is Cc1cccc2c1nc(N)n2-c1cccc2cccnc12. The Morgan fingerprint density at radius 1 is 0.952 bits per heavy atom. The number of imidazole rings is 1. The molecule has 102 valence electrons. The summed E-state index contributed by atoms with van der Waals surface area (Å²) in [4.78, 5) is 9.01. The van der Waals surface area contributed by atoms with E-state index in [1.807, 2.05) is 60.0 Å². The number of para-hydroxylation sites is 2. The van der Waals surface area contributed by atoms with E-state index in [-0.39, 0.29) is 0 Å². The van der Waals surface area contributed by atoms with E-state index >= 15 is 0 Å². The van der Waals surface area contributed by atoms with Gasteiger partial charge >= 0.3 is 0 Å². The zero-order chi connectivity index (χ0) is 14.4. The second-order valence-electron chi connectivity index (χ2n) is 5.10. The van der Waals surface area contributed by atoms with E-state index in [1.165, 1.54) is 0 Å². The molecule has 0 saturated heterocycles. The summed E-state index contributed by atoms with van der Waals surface area (Å²) in [6, 6.07) is 16.2. The summed E-state index contributed by atoms with van der Waals surface area (Å²) in [7, 11) is 0. The van der Waals surface area contributed by atoms with Crippen molar-refractivity contribution in [2.45, 2.75) is 6.92 Å². The molecule has 0 aliphatic heterocycles. The molecule has 2 N–H and O–H groups in total. The minimum atomic E-state index is 0.484. The minimum absolute atomic E-state index is 0.484. The average Bonchev–Trinajstić information content (AvgIpc) is 2.84. The number of nitrogens with two attached hydrogens (primary N) is 1. The molecular formula is C17H14N4. The first kappa shape index (κ1) is 11.9. The molecule has 0 radical (unpaired) electrons. The van der Waals surface area contributed by atoms with Crippen LogP contribution in [0.15, 0.2) is 54.7 Å². The van der Waals surface area contributed by atoms with Crippen LogP contribution in [0.4, 0.5) is 5.95 Å². The number of aryl methyl sites for hydroxylation is 1. The highest BCUT2D eigenvalue weighted by atomic mass is 15.2. The topological polar surface area (TPSA) is 56.7 Å². The van der Waals surface area contributed by atoms with Gasteiger partial charge in [0, 0.05) is 11.6 Å². The molecule has 0 unspecified atom stereocenters. The highest BCUT2D eigenvalue weighted by Gasteiger charge is 2.13. The van der Waals surface area contributed by atoms with Gasteiger partial charge in [-0.1, -0.05) is 30.3 Å². The lowest BCUT2D eigenvalue weighted by molar-refractivity contribution is 1.11. The Morgan fingerprint density at radius 2 is 1.76 bits per heavy atom. The molecule has 0 saturated carbocycles. The van der Waals surface area contributed by atoms with E-state index < -0.39 is 0 Å². The summed E-state index contributed by atoms with van der Waals surface area (Å²) in [5.41, 5.74) is 11.1. The number of anilines is 1. The number of hydrogen-bond acceptors (Lipinski definition) is 3. The van der Waals surface area contributed by atoms with Crippen LogP contribution in [-0.4, -0.2) is 14.5 Å². The smallest absolute Gasteiger partial charge is 0.206 e. The largest absolute Gasteiger partial charge is 0.369 e. The van der Waals surface area contributed by atoms with Gasteiger partial charge in [-0.2, -0.15) is 0 Å². The molecule has 4 aromatic rings. The van der Waals surface area contributed by atoms with Crippen LogP contribution in [0.5, 0.6) is 0 Å². The Bertz CT molecular complexity index is 964. The Morgan fingerprint density at radius 3 is 2.67 bits per heavy atom. The van der Waals surface area contributed by atoms with Crippen LogP contribution < -0.4 is 5.73 Å². The minimum Gasteiger partial charge on any atom is -0.369 e. The number of hydrogen-bond donors (Lipinski definition) is 1. The summed E-state index contributed by atoms with van der Waals surface area (Å²) < 4.78 is 1.97. The van der Waals surface area contributed by atoms with Crippen LogP contribution in [-0.2, 0) is 0 Å². The molecule has 0 fully saturated rings. The van der Waals surface area contributed by atoms with Crippen LogP contribution in [0.1, 0.15) is 5.56 Å². The van der Waals surface area contributed by atoms with Crippen molar-refractivity contribution < 1.29 is 0 Å². The lowest BCUT2D eigenvalue weighted by Gasteiger charge is -2.09. The van der Waals surface area contributed by atoms with Crippen molar-refractivity contribution in [2.75, 3.05) is 5.73 Å². The zero-order valence-corrected chi connectivity index (χ0v) is 11.6. The second kappa shape index (κ2) is 4.31. The third kappa shape index (κ3) is 1.69. The zero-order valence-electron chi connectivity index (χ0n) is 11.6. The molecule has 4 nitrogen and oxygen atoms in total. The number of nitrogens with zero attached hydrogens (tertiary/aromatic N) is 3. The van der Waals surface area contributed by atoms with Crippen LogP contribution >= 0.6 is 0 Å². The fraction of sp³-hybridized carbons (Fsp3) is 0.0588. The van der Waals surface area contributed by atoms with Crippen molar-refractivity contribution in [1.82, 2.24) is 14.5 Å². The Balaban J connectivity index is 2.14. The van der Waals surface area contributed by atoms with Crippen LogP contribution in [0.3, 0.4) is 0 Å². The van der Waals surface area contributed by atoms with Gasteiger partial charge in [-0.25, -0.2) is 4.98 Å². The van der Waals surface area contributed by atoms with Gasteiger partial charge < -0.3 is 5.73 Å². The number of benzene rings is 2. The third-order valence-electron chi connectivity index (χ3n) is 3.77. The van der Waals surface area contributed by atoms with Gasteiger partial charge in [0.05, 0.1) is 22.2 Å². The van der Waals surface area contributed by atoms with Gasteiger partial charge in [0.15, 0.2) is 0 Å².